The molecule has 0 atom stereocenters. The van der Waals surface area contributed by atoms with Gasteiger partial charge in [0.1, 0.15) is 0 Å². The van der Waals surface area contributed by atoms with Crippen molar-refractivity contribution in [2.75, 3.05) is 41.8 Å². The molecule has 0 bridgehead atoms. The molecule has 2 N–H and O–H groups in total. The lowest BCUT2D eigenvalue weighted by Crippen LogP contribution is -2.33. The highest BCUT2D eigenvalue weighted by Gasteiger charge is 2.15. The average molecular weight is 266 g/mol. The van der Waals surface area contributed by atoms with Crippen LogP contribution in [-0.2, 0) is 4.74 Å². The first-order valence-electron chi connectivity index (χ1n) is 6.11. The van der Waals surface area contributed by atoms with E-state index in [0.717, 1.165) is 30.3 Å². The van der Waals surface area contributed by atoms with Crippen LogP contribution in [0.3, 0.4) is 0 Å². The van der Waals surface area contributed by atoms with Gasteiger partial charge < -0.3 is 15.4 Å². The molecular formula is C13H18N2O2S. The molecule has 1 heterocycles. The fraction of sp³-hybridized carbons (Fsp3) is 0.462. The van der Waals surface area contributed by atoms with Crippen LogP contribution >= 0.6 is 11.8 Å². The van der Waals surface area contributed by atoms with E-state index in [1.165, 1.54) is 0 Å². The van der Waals surface area contributed by atoms with Crippen LogP contribution in [0.5, 0.6) is 0 Å². The molecule has 1 aliphatic heterocycles. The molecule has 0 aliphatic carbocycles. The monoisotopic (exact) mass is 266 g/mol. The zero-order valence-corrected chi connectivity index (χ0v) is 11.3. The largest absolute Gasteiger partial charge is 0.462 e. The summed E-state index contributed by atoms with van der Waals surface area (Å²) < 4.78 is 4.96. The number of anilines is 2. The normalized spacial score (nSPS) is 15.5. The van der Waals surface area contributed by atoms with Gasteiger partial charge in [0.15, 0.2) is 0 Å². The number of carbonyl (C=O) groups excluding carboxylic acids is 1. The molecule has 1 aromatic rings. The Kier molecular flexibility index (Phi) is 4.36. The van der Waals surface area contributed by atoms with Crippen LogP contribution < -0.4 is 10.6 Å². The Morgan fingerprint density at radius 2 is 2.17 bits per heavy atom. The van der Waals surface area contributed by atoms with Crippen molar-refractivity contribution in [3.63, 3.8) is 0 Å². The van der Waals surface area contributed by atoms with E-state index in [2.05, 4.69) is 4.90 Å². The Labute approximate surface area is 111 Å². The van der Waals surface area contributed by atoms with Crippen molar-refractivity contribution < 1.29 is 9.53 Å². The number of nitrogens with zero attached hydrogens (tertiary/aromatic N) is 1. The summed E-state index contributed by atoms with van der Waals surface area (Å²) in [6.07, 6.45) is 0. The minimum absolute atomic E-state index is 0.315. The molecule has 1 aromatic carbocycles. The highest BCUT2D eigenvalue weighted by atomic mass is 32.2. The van der Waals surface area contributed by atoms with Gasteiger partial charge >= 0.3 is 5.97 Å². The van der Waals surface area contributed by atoms with Crippen molar-refractivity contribution in [2.24, 2.45) is 0 Å². The molecule has 5 heteroatoms. The van der Waals surface area contributed by atoms with Gasteiger partial charge in [0.05, 0.1) is 23.5 Å². The summed E-state index contributed by atoms with van der Waals surface area (Å²) >= 11 is 1.96. The summed E-state index contributed by atoms with van der Waals surface area (Å²) in [7, 11) is 0. The molecule has 2 rings (SSSR count). The van der Waals surface area contributed by atoms with E-state index in [0.29, 0.717) is 17.9 Å². The third kappa shape index (κ3) is 2.90. The summed E-state index contributed by atoms with van der Waals surface area (Å²) in [6, 6.07) is 5.40. The molecule has 1 aliphatic rings. The summed E-state index contributed by atoms with van der Waals surface area (Å²) in [5.74, 6) is 1.93. The molecule has 98 valence electrons. The molecule has 4 nitrogen and oxygen atoms in total. The van der Waals surface area contributed by atoms with Crippen molar-refractivity contribution in [2.45, 2.75) is 6.92 Å². The third-order valence-corrected chi connectivity index (χ3v) is 3.83. The van der Waals surface area contributed by atoms with Gasteiger partial charge in [-0.15, -0.1) is 0 Å². The number of esters is 1. The highest BCUT2D eigenvalue weighted by molar-refractivity contribution is 7.99. The predicted octanol–water partition coefficient (Wildman–Crippen LogP) is 2.00. The fourth-order valence-corrected chi connectivity index (χ4v) is 2.89. The van der Waals surface area contributed by atoms with Gasteiger partial charge in [0, 0.05) is 24.6 Å². The Morgan fingerprint density at radius 3 is 2.78 bits per heavy atom. The standard InChI is InChI=1S/C13H18N2O2S/c1-2-17-13(16)10-3-4-12(11(14)9-10)15-5-7-18-8-6-15/h3-4,9H,2,5-8,14H2,1H3. The lowest BCUT2D eigenvalue weighted by molar-refractivity contribution is 0.0526. The second kappa shape index (κ2) is 6.00. The Hall–Kier alpha value is -1.36. The van der Waals surface area contributed by atoms with Crippen molar-refractivity contribution in [1.82, 2.24) is 0 Å². The van der Waals surface area contributed by atoms with Crippen molar-refractivity contribution in [1.29, 1.82) is 0 Å². The number of ether oxygens (including phenoxy) is 1. The van der Waals surface area contributed by atoms with Crippen molar-refractivity contribution in [3.05, 3.63) is 23.8 Å². The second-order valence-electron chi connectivity index (χ2n) is 4.09. The molecule has 0 spiro atoms. The van der Waals surface area contributed by atoms with Crippen molar-refractivity contribution in [3.8, 4) is 0 Å². The molecule has 0 radical (unpaired) electrons. The van der Waals surface area contributed by atoms with E-state index >= 15 is 0 Å². The number of rotatable bonds is 3. The second-order valence-corrected chi connectivity index (χ2v) is 5.32. The number of hydrogen-bond donors (Lipinski definition) is 1. The quantitative estimate of drug-likeness (QED) is 0.670. The topological polar surface area (TPSA) is 55.6 Å². The zero-order valence-electron chi connectivity index (χ0n) is 10.5. The van der Waals surface area contributed by atoms with E-state index in [9.17, 15) is 4.79 Å². The van der Waals surface area contributed by atoms with Crippen LogP contribution in [0, 0.1) is 0 Å². The van der Waals surface area contributed by atoms with Crippen LogP contribution in [0.1, 0.15) is 17.3 Å². The first-order chi connectivity index (χ1) is 8.72. The van der Waals surface area contributed by atoms with E-state index in [1.54, 1.807) is 19.1 Å². The van der Waals surface area contributed by atoms with Crippen molar-refractivity contribution >= 4 is 29.1 Å². The molecule has 0 amide bonds. The summed E-state index contributed by atoms with van der Waals surface area (Å²) in [6.45, 7) is 4.19. The maximum absolute atomic E-state index is 11.6. The number of nitrogen functional groups attached to an aromatic ring is 1. The summed E-state index contributed by atoms with van der Waals surface area (Å²) in [5.41, 5.74) is 8.21. The molecule has 1 saturated heterocycles. The van der Waals surface area contributed by atoms with Gasteiger partial charge in [-0.05, 0) is 25.1 Å². The molecule has 0 unspecified atom stereocenters. The first-order valence-corrected chi connectivity index (χ1v) is 7.27. The first kappa shape index (κ1) is 13.1. The van der Waals surface area contributed by atoms with Gasteiger partial charge in [-0.25, -0.2) is 4.79 Å². The minimum atomic E-state index is -0.315. The van der Waals surface area contributed by atoms with E-state index < -0.39 is 0 Å². The Bertz CT molecular complexity index is 431. The third-order valence-electron chi connectivity index (χ3n) is 2.89. The smallest absolute Gasteiger partial charge is 0.338 e. The molecule has 18 heavy (non-hydrogen) atoms. The zero-order chi connectivity index (χ0) is 13.0. The van der Waals surface area contributed by atoms with E-state index in [1.807, 2.05) is 17.8 Å². The Morgan fingerprint density at radius 1 is 1.44 bits per heavy atom. The highest BCUT2D eigenvalue weighted by Crippen LogP contribution is 2.27. The molecular weight excluding hydrogens is 248 g/mol. The van der Waals surface area contributed by atoms with Gasteiger partial charge in [-0.1, -0.05) is 0 Å². The number of benzene rings is 1. The van der Waals surface area contributed by atoms with Crippen LogP contribution in [0.4, 0.5) is 11.4 Å². The van der Waals surface area contributed by atoms with Crippen LogP contribution in [0.25, 0.3) is 0 Å². The number of hydrogen-bond acceptors (Lipinski definition) is 5. The van der Waals surface area contributed by atoms with Gasteiger partial charge in [0.2, 0.25) is 0 Å². The van der Waals surface area contributed by atoms with E-state index in [4.69, 9.17) is 10.5 Å². The van der Waals surface area contributed by atoms with Gasteiger partial charge in [0.25, 0.3) is 0 Å². The maximum Gasteiger partial charge on any atom is 0.338 e. The lowest BCUT2D eigenvalue weighted by atomic mass is 10.1. The van der Waals surface area contributed by atoms with Gasteiger partial charge in [-0.3, -0.25) is 0 Å². The lowest BCUT2D eigenvalue weighted by Gasteiger charge is -2.29. The van der Waals surface area contributed by atoms with Crippen LogP contribution in [-0.4, -0.2) is 37.2 Å². The maximum atomic E-state index is 11.6. The predicted molar refractivity (Wildman–Crippen MR) is 76.3 cm³/mol. The molecule has 0 saturated carbocycles. The minimum Gasteiger partial charge on any atom is -0.462 e. The number of carbonyl (C=O) groups is 1. The van der Waals surface area contributed by atoms with E-state index in [-0.39, 0.29) is 5.97 Å². The molecule has 1 fully saturated rings. The SMILES string of the molecule is CCOC(=O)c1ccc(N2CCSCC2)c(N)c1. The summed E-state index contributed by atoms with van der Waals surface area (Å²) in [4.78, 5) is 13.9. The average Bonchev–Trinajstić information content (AvgIpc) is 2.40. The molecule has 0 aromatic heterocycles. The Balaban J connectivity index is 2.16. The van der Waals surface area contributed by atoms with Crippen LogP contribution in [0.2, 0.25) is 0 Å². The van der Waals surface area contributed by atoms with Crippen LogP contribution in [0.15, 0.2) is 18.2 Å². The number of thioether (sulfide) groups is 1. The fourth-order valence-electron chi connectivity index (χ4n) is 1.99. The van der Waals surface area contributed by atoms with Gasteiger partial charge in [-0.2, -0.15) is 11.8 Å². The number of nitrogens with two attached hydrogens (primary N) is 1. The summed E-state index contributed by atoms with van der Waals surface area (Å²) in [5, 5.41) is 0.